The molecule has 1 aliphatic rings. The van der Waals surface area contributed by atoms with E-state index in [1.807, 2.05) is 35.4 Å². The number of rotatable bonds is 6. The second kappa shape index (κ2) is 7.53. The summed E-state index contributed by atoms with van der Waals surface area (Å²) in [6.07, 6.45) is 2.60. The summed E-state index contributed by atoms with van der Waals surface area (Å²) in [5, 5.41) is 4.78. The molecule has 0 saturated carbocycles. The molecule has 3 rings (SSSR count). The van der Waals surface area contributed by atoms with E-state index in [9.17, 15) is 13.2 Å². The number of sulfone groups is 1. The van der Waals surface area contributed by atoms with Gasteiger partial charge >= 0.3 is 0 Å². The van der Waals surface area contributed by atoms with E-state index in [1.54, 1.807) is 23.6 Å². The molecule has 1 unspecified atom stereocenters. The van der Waals surface area contributed by atoms with Crippen LogP contribution in [0.25, 0.3) is 0 Å². The number of hydrogen-bond donors (Lipinski definition) is 1. The first-order chi connectivity index (χ1) is 12.0. The third-order valence-electron chi connectivity index (χ3n) is 4.23. The van der Waals surface area contributed by atoms with Crippen LogP contribution in [-0.4, -0.2) is 43.4 Å². The number of nitrogens with zero attached hydrogens (tertiary/aromatic N) is 2. The highest BCUT2D eigenvalue weighted by molar-refractivity contribution is 7.91. The molecule has 1 atom stereocenters. The summed E-state index contributed by atoms with van der Waals surface area (Å²) in [5.74, 6) is 1.08. The Bertz CT molecular complexity index is 817. The Morgan fingerprint density at radius 3 is 2.80 bits per heavy atom. The first-order valence-electron chi connectivity index (χ1n) is 8.22. The van der Waals surface area contributed by atoms with Crippen LogP contribution in [-0.2, 0) is 21.1 Å². The SMILES string of the molecule is CCN(c1ccc(NC(=O)Cc2cccs2)cn1)C1CCS(=O)(=O)C1. The molecule has 0 aromatic carbocycles. The van der Waals surface area contributed by atoms with E-state index in [1.165, 1.54) is 0 Å². The van der Waals surface area contributed by atoms with Gasteiger partial charge in [0.15, 0.2) is 9.84 Å². The fraction of sp³-hybridized carbons (Fsp3) is 0.412. The van der Waals surface area contributed by atoms with Gasteiger partial charge in [-0.05, 0) is 36.9 Å². The Morgan fingerprint density at radius 1 is 1.40 bits per heavy atom. The Labute approximate surface area is 151 Å². The molecule has 1 N–H and O–H groups in total. The molecule has 2 aromatic heterocycles. The predicted molar refractivity (Wildman–Crippen MR) is 101 cm³/mol. The van der Waals surface area contributed by atoms with Crippen LogP contribution in [0.1, 0.15) is 18.2 Å². The topological polar surface area (TPSA) is 79.4 Å². The number of amides is 1. The Morgan fingerprint density at radius 2 is 2.24 bits per heavy atom. The Kier molecular flexibility index (Phi) is 5.39. The quantitative estimate of drug-likeness (QED) is 0.833. The average molecular weight is 380 g/mol. The van der Waals surface area contributed by atoms with E-state index in [0.717, 1.165) is 10.7 Å². The number of aromatic nitrogens is 1. The van der Waals surface area contributed by atoms with E-state index in [-0.39, 0.29) is 23.5 Å². The molecule has 1 fully saturated rings. The number of carbonyl (C=O) groups excluding carboxylic acids is 1. The fourth-order valence-electron chi connectivity index (χ4n) is 3.03. The second-order valence-corrected chi connectivity index (χ2v) is 9.31. The van der Waals surface area contributed by atoms with Gasteiger partial charge in [-0.1, -0.05) is 6.07 Å². The van der Waals surface area contributed by atoms with Crippen molar-refractivity contribution in [3.05, 3.63) is 40.7 Å². The van der Waals surface area contributed by atoms with Crippen LogP contribution in [0.2, 0.25) is 0 Å². The van der Waals surface area contributed by atoms with Gasteiger partial charge < -0.3 is 10.2 Å². The number of thiophene rings is 1. The third kappa shape index (κ3) is 4.58. The maximum Gasteiger partial charge on any atom is 0.229 e. The van der Waals surface area contributed by atoms with Crippen LogP contribution in [0.4, 0.5) is 11.5 Å². The van der Waals surface area contributed by atoms with Gasteiger partial charge in [-0.2, -0.15) is 0 Å². The van der Waals surface area contributed by atoms with Gasteiger partial charge in [0, 0.05) is 17.5 Å². The van der Waals surface area contributed by atoms with Crippen molar-refractivity contribution in [1.82, 2.24) is 4.98 Å². The molecule has 0 radical (unpaired) electrons. The van der Waals surface area contributed by atoms with Gasteiger partial charge in [-0.3, -0.25) is 4.79 Å². The van der Waals surface area contributed by atoms with Crippen molar-refractivity contribution in [2.75, 3.05) is 28.3 Å². The fourth-order valence-corrected chi connectivity index (χ4v) is 5.47. The summed E-state index contributed by atoms with van der Waals surface area (Å²) >= 11 is 1.55. The zero-order valence-corrected chi connectivity index (χ0v) is 15.6. The van der Waals surface area contributed by atoms with E-state index < -0.39 is 9.84 Å². The van der Waals surface area contributed by atoms with E-state index in [0.29, 0.717) is 25.1 Å². The molecule has 25 heavy (non-hydrogen) atoms. The number of pyridine rings is 1. The molecular weight excluding hydrogens is 358 g/mol. The lowest BCUT2D eigenvalue weighted by Gasteiger charge is -2.28. The molecule has 0 aliphatic carbocycles. The van der Waals surface area contributed by atoms with E-state index in [4.69, 9.17) is 0 Å². The summed E-state index contributed by atoms with van der Waals surface area (Å²) in [7, 11) is -2.93. The minimum absolute atomic E-state index is 0.0261. The summed E-state index contributed by atoms with van der Waals surface area (Å²) in [5.41, 5.74) is 0.639. The van der Waals surface area contributed by atoms with Crippen LogP contribution in [0.5, 0.6) is 0 Å². The van der Waals surface area contributed by atoms with Crippen LogP contribution in [0.3, 0.4) is 0 Å². The number of hydrogen-bond acceptors (Lipinski definition) is 6. The van der Waals surface area contributed by atoms with E-state index >= 15 is 0 Å². The monoisotopic (exact) mass is 379 g/mol. The Balaban J connectivity index is 1.63. The summed E-state index contributed by atoms with van der Waals surface area (Å²) < 4.78 is 23.4. The summed E-state index contributed by atoms with van der Waals surface area (Å²) in [6.45, 7) is 2.68. The molecule has 0 bridgehead atoms. The van der Waals surface area contributed by atoms with Gasteiger partial charge in [-0.25, -0.2) is 13.4 Å². The molecule has 1 saturated heterocycles. The van der Waals surface area contributed by atoms with Gasteiger partial charge in [0.2, 0.25) is 5.91 Å². The zero-order valence-electron chi connectivity index (χ0n) is 14.0. The van der Waals surface area contributed by atoms with Crippen LogP contribution in [0.15, 0.2) is 35.8 Å². The standard InChI is InChI=1S/C17H21N3O3S2/c1-2-20(14-7-9-25(22,23)12-14)16-6-5-13(11-18-16)19-17(21)10-15-4-3-8-24-15/h3-6,8,11,14H,2,7,9-10,12H2,1H3,(H,19,21). The van der Waals surface area contributed by atoms with Crippen LogP contribution < -0.4 is 10.2 Å². The summed E-state index contributed by atoms with van der Waals surface area (Å²) in [6, 6.07) is 7.46. The molecule has 1 aliphatic heterocycles. The van der Waals surface area contributed by atoms with Gasteiger partial charge in [-0.15, -0.1) is 11.3 Å². The molecule has 1 amide bonds. The lowest BCUT2D eigenvalue weighted by Crippen LogP contribution is -2.36. The number of nitrogens with one attached hydrogen (secondary N) is 1. The lowest BCUT2D eigenvalue weighted by atomic mass is 10.2. The van der Waals surface area contributed by atoms with Crippen molar-refractivity contribution in [2.24, 2.45) is 0 Å². The number of anilines is 2. The molecule has 3 heterocycles. The highest BCUT2D eigenvalue weighted by Gasteiger charge is 2.32. The zero-order chi connectivity index (χ0) is 17.9. The minimum atomic E-state index is -2.93. The van der Waals surface area contributed by atoms with Crippen molar-refractivity contribution in [3.63, 3.8) is 0 Å². The van der Waals surface area contributed by atoms with Crippen molar-refractivity contribution < 1.29 is 13.2 Å². The van der Waals surface area contributed by atoms with Crippen LogP contribution >= 0.6 is 11.3 Å². The molecule has 2 aromatic rings. The predicted octanol–water partition coefficient (Wildman–Crippen LogP) is 2.34. The van der Waals surface area contributed by atoms with Gasteiger partial charge in [0.1, 0.15) is 5.82 Å². The Hall–Kier alpha value is -1.93. The normalized spacial score (nSPS) is 18.8. The first kappa shape index (κ1) is 17.9. The maximum atomic E-state index is 12.0. The molecule has 0 spiro atoms. The minimum Gasteiger partial charge on any atom is -0.353 e. The molecule has 134 valence electrons. The highest BCUT2D eigenvalue weighted by Crippen LogP contribution is 2.23. The maximum absolute atomic E-state index is 12.0. The van der Waals surface area contributed by atoms with Crippen molar-refractivity contribution in [1.29, 1.82) is 0 Å². The number of carbonyl (C=O) groups is 1. The molecular formula is C17H21N3O3S2. The van der Waals surface area contributed by atoms with Gasteiger partial charge in [0.25, 0.3) is 0 Å². The van der Waals surface area contributed by atoms with Gasteiger partial charge in [0.05, 0.1) is 29.8 Å². The second-order valence-electron chi connectivity index (χ2n) is 6.05. The average Bonchev–Trinajstić information content (AvgIpc) is 3.19. The van der Waals surface area contributed by atoms with Crippen molar-refractivity contribution in [2.45, 2.75) is 25.8 Å². The first-order valence-corrected chi connectivity index (χ1v) is 10.9. The summed E-state index contributed by atoms with van der Waals surface area (Å²) in [4.78, 5) is 19.5. The third-order valence-corrected chi connectivity index (χ3v) is 6.86. The molecule has 6 nitrogen and oxygen atoms in total. The van der Waals surface area contributed by atoms with Crippen LogP contribution in [0, 0.1) is 0 Å². The van der Waals surface area contributed by atoms with Crippen molar-refractivity contribution >= 4 is 38.6 Å². The van der Waals surface area contributed by atoms with E-state index in [2.05, 4.69) is 10.3 Å². The smallest absolute Gasteiger partial charge is 0.229 e. The molecule has 8 heteroatoms. The highest BCUT2D eigenvalue weighted by atomic mass is 32.2. The van der Waals surface area contributed by atoms with Crippen molar-refractivity contribution in [3.8, 4) is 0 Å². The lowest BCUT2D eigenvalue weighted by molar-refractivity contribution is -0.115. The largest absolute Gasteiger partial charge is 0.353 e.